The molecule has 0 saturated carbocycles. The van der Waals surface area contributed by atoms with Gasteiger partial charge in [-0.15, -0.1) is 0 Å². The van der Waals surface area contributed by atoms with E-state index in [1.54, 1.807) is 0 Å². The highest BCUT2D eigenvalue weighted by Gasteiger charge is 2.27. The Hall–Kier alpha value is -0.540. The lowest BCUT2D eigenvalue weighted by molar-refractivity contribution is -0.870. The van der Waals surface area contributed by atoms with Crippen molar-refractivity contribution in [2.45, 2.75) is 135 Å². The quantitative estimate of drug-likeness (QED) is 0.0620. The summed E-state index contributed by atoms with van der Waals surface area (Å²) in [6.07, 6.45) is 17.0. The van der Waals surface area contributed by atoms with Crippen molar-refractivity contribution >= 4 is 13.8 Å². The second-order valence-corrected chi connectivity index (χ2v) is 13.1. The zero-order valence-electron chi connectivity index (χ0n) is 25.4. The van der Waals surface area contributed by atoms with Crippen LogP contribution in [0.15, 0.2) is 0 Å². The molecule has 234 valence electrons. The number of nitrogens with zero attached hydrogens (tertiary/aromatic N) is 1. The molecule has 39 heavy (non-hydrogen) atoms. The Morgan fingerprint density at radius 1 is 0.795 bits per heavy atom. The fourth-order valence-electron chi connectivity index (χ4n) is 4.36. The maximum Gasteiger partial charge on any atom is 0.303 e. The predicted octanol–water partition coefficient (Wildman–Crippen LogP) is 6.07. The van der Waals surface area contributed by atoms with Crippen LogP contribution in [-0.4, -0.2) is 80.4 Å². The van der Waals surface area contributed by atoms with E-state index in [-0.39, 0.29) is 26.2 Å². The van der Waals surface area contributed by atoms with E-state index in [0.29, 0.717) is 30.3 Å². The number of hydrogen-bond acceptors (Lipinski definition) is 7. The van der Waals surface area contributed by atoms with Crippen LogP contribution in [-0.2, 0) is 23.1 Å². The van der Waals surface area contributed by atoms with E-state index in [1.807, 2.05) is 21.1 Å². The number of aliphatic hydroxyl groups is 1. The third-order valence-electron chi connectivity index (χ3n) is 6.83. The molecule has 9 nitrogen and oxygen atoms in total. The molecule has 0 radical (unpaired) electrons. The van der Waals surface area contributed by atoms with Crippen LogP contribution in [0.4, 0.5) is 0 Å². The largest absolute Gasteiger partial charge is 0.756 e. The number of ether oxygens (including phenoxy) is 1. The van der Waals surface area contributed by atoms with Gasteiger partial charge in [0, 0.05) is 13.0 Å². The summed E-state index contributed by atoms with van der Waals surface area (Å²) in [6.45, 7) is 2.60. The number of aliphatic carboxylic acids is 1. The van der Waals surface area contributed by atoms with Crippen LogP contribution in [0.1, 0.15) is 122 Å². The van der Waals surface area contributed by atoms with Gasteiger partial charge in [0.25, 0.3) is 7.82 Å². The van der Waals surface area contributed by atoms with Gasteiger partial charge in [0.05, 0.1) is 33.9 Å². The summed E-state index contributed by atoms with van der Waals surface area (Å²) in [7, 11) is 1.25. The van der Waals surface area contributed by atoms with Gasteiger partial charge in [0.15, 0.2) is 0 Å². The number of carbonyl (C=O) groups is 1. The normalized spacial score (nSPS) is 15.2. The molecule has 0 amide bonds. The number of likely N-dealkylation sites (N-methyl/N-ethyl adjacent to an activating group) is 1. The molecule has 0 heterocycles. The van der Waals surface area contributed by atoms with Crippen LogP contribution in [0.3, 0.4) is 0 Å². The fourth-order valence-corrected chi connectivity index (χ4v) is 5.30. The van der Waals surface area contributed by atoms with E-state index >= 15 is 0 Å². The standard InChI is InChI=1S/C29H60NO8P/c1-5-6-7-8-9-10-11-12-13-14-15-16-17-18-21-27(28(26-31)36-24-20-19-22-29(32)33)38-39(34,35)37-25-23-30(2,3)4/h27-28,31H,5-26H2,1-4H3,(H-,32,33,34,35)/t27-,28+/m1/s1. The van der Waals surface area contributed by atoms with Crippen molar-refractivity contribution in [1.82, 2.24) is 0 Å². The molecule has 0 spiro atoms. The van der Waals surface area contributed by atoms with Crippen LogP contribution in [0.25, 0.3) is 0 Å². The lowest BCUT2D eigenvalue weighted by Gasteiger charge is -2.33. The Balaban J connectivity index is 4.45. The highest BCUT2D eigenvalue weighted by Crippen LogP contribution is 2.41. The smallest absolute Gasteiger partial charge is 0.303 e. The van der Waals surface area contributed by atoms with Gasteiger partial charge in [0.1, 0.15) is 19.3 Å². The molecule has 2 N–H and O–H groups in total. The summed E-state index contributed by atoms with van der Waals surface area (Å²) in [6, 6.07) is 0. The first-order valence-corrected chi connectivity index (χ1v) is 16.9. The second kappa shape index (κ2) is 24.1. The number of quaternary nitrogens is 1. The van der Waals surface area contributed by atoms with Crippen molar-refractivity contribution in [1.29, 1.82) is 0 Å². The Morgan fingerprint density at radius 3 is 1.77 bits per heavy atom. The summed E-state index contributed by atoms with van der Waals surface area (Å²) >= 11 is 0. The van der Waals surface area contributed by atoms with Crippen LogP contribution in [0.2, 0.25) is 0 Å². The summed E-state index contributed by atoms with van der Waals surface area (Å²) in [5.74, 6) is -0.869. The number of aliphatic hydroxyl groups excluding tert-OH is 1. The van der Waals surface area contributed by atoms with Crippen molar-refractivity contribution < 1.29 is 42.7 Å². The molecule has 0 rings (SSSR count). The Morgan fingerprint density at radius 2 is 1.31 bits per heavy atom. The van der Waals surface area contributed by atoms with E-state index in [1.165, 1.54) is 70.6 Å². The van der Waals surface area contributed by atoms with Crippen LogP contribution in [0.5, 0.6) is 0 Å². The lowest BCUT2D eigenvalue weighted by Crippen LogP contribution is -2.38. The summed E-state index contributed by atoms with van der Waals surface area (Å²) in [5.41, 5.74) is 0. The highest BCUT2D eigenvalue weighted by molar-refractivity contribution is 7.45. The molecule has 3 atom stereocenters. The fraction of sp³-hybridized carbons (Fsp3) is 0.966. The molecular weight excluding hydrogens is 521 g/mol. The molecule has 0 aliphatic heterocycles. The van der Waals surface area contributed by atoms with Gasteiger partial charge in [-0.3, -0.25) is 9.36 Å². The SMILES string of the molecule is CCCCCCCCCCCCCCCC[C@@H](OP(=O)([O-])OCC[N+](C)(C)C)[C@H](CO)OCCCCC(=O)O. The van der Waals surface area contributed by atoms with Crippen molar-refractivity contribution in [3.05, 3.63) is 0 Å². The van der Waals surface area contributed by atoms with E-state index < -0.39 is 26.0 Å². The molecule has 10 heteroatoms. The highest BCUT2D eigenvalue weighted by atomic mass is 31.2. The molecule has 0 aromatic rings. The molecule has 0 aromatic carbocycles. The van der Waals surface area contributed by atoms with Gasteiger partial charge in [0.2, 0.25) is 0 Å². The number of unbranched alkanes of at least 4 members (excludes halogenated alkanes) is 14. The number of phosphoric acid groups is 1. The third kappa shape index (κ3) is 26.1. The Labute approximate surface area is 238 Å². The van der Waals surface area contributed by atoms with E-state index in [2.05, 4.69) is 6.92 Å². The number of phosphoric ester groups is 1. The average molecular weight is 582 g/mol. The summed E-state index contributed by atoms with van der Waals surface area (Å²) in [4.78, 5) is 23.2. The number of carboxylic acid groups (broad SMARTS) is 1. The van der Waals surface area contributed by atoms with Gasteiger partial charge in [-0.1, -0.05) is 96.8 Å². The Kier molecular flexibility index (Phi) is 23.8. The van der Waals surface area contributed by atoms with Gasteiger partial charge in [-0.25, -0.2) is 0 Å². The monoisotopic (exact) mass is 581 g/mol. The minimum Gasteiger partial charge on any atom is -0.756 e. The zero-order valence-corrected chi connectivity index (χ0v) is 26.3. The van der Waals surface area contributed by atoms with Crippen LogP contribution >= 0.6 is 7.82 Å². The maximum absolute atomic E-state index is 12.5. The first-order valence-electron chi connectivity index (χ1n) is 15.4. The van der Waals surface area contributed by atoms with E-state index in [4.69, 9.17) is 18.9 Å². The Bertz CT molecular complexity index is 629. The average Bonchev–Trinajstić information content (AvgIpc) is 2.84. The second-order valence-electron chi connectivity index (χ2n) is 11.8. The lowest BCUT2D eigenvalue weighted by atomic mass is 10.0. The van der Waals surface area contributed by atoms with Crippen molar-refractivity contribution in [3.8, 4) is 0 Å². The summed E-state index contributed by atoms with van der Waals surface area (Å²) in [5, 5.41) is 18.7. The van der Waals surface area contributed by atoms with Gasteiger partial charge < -0.3 is 33.4 Å². The third-order valence-corrected chi connectivity index (χ3v) is 7.86. The first kappa shape index (κ1) is 38.5. The molecule has 1 unspecified atom stereocenters. The topological polar surface area (TPSA) is 125 Å². The van der Waals surface area contributed by atoms with E-state index in [0.717, 1.165) is 19.3 Å². The number of carboxylic acids is 1. The molecule has 0 aliphatic carbocycles. The van der Waals surface area contributed by atoms with Crippen molar-refractivity contribution in [3.63, 3.8) is 0 Å². The number of hydrogen-bond donors (Lipinski definition) is 2. The minimum absolute atomic E-state index is 0.00962. The van der Waals surface area contributed by atoms with Gasteiger partial charge >= 0.3 is 5.97 Å². The maximum atomic E-state index is 12.5. The molecule has 0 bridgehead atoms. The molecular formula is C29H60NO8P. The predicted molar refractivity (Wildman–Crippen MR) is 155 cm³/mol. The van der Waals surface area contributed by atoms with Crippen molar-refractivity contribution in [2.75, 3.05) is 47.5 Å². The summed E-state index contributed by atoms with van der Waals surface area (Å²) < 4.78 is 29.3. The van der Waals surface area contributed by atoms with Crippen molar-refractivity contribution in [2.24, 2.45) is 0 Å². The van der Waals surface area contributed by atoms with Gasteiger partial charge in [-0.2, -0.15) is 0 Å². The molecule has 0 fully saturated rings. The first-order chi connectivity index (χ1) is 18.5. The van der Waals surface area contributed by atoms with E-state index in [9.17, 15) is 19.4 Å². The zero-order chi connectivity index (χ0) is 29.4. The van der Waals surface area contributed by atoms with Crippen LogP contribution < -0.4 is 4.89 Å². The number of rotatable bonds is 29. The molecule has 0 aliphatic rings. The van der Waals surface area contributed by atoms with Gasteiger partial charge in [-0.05, 0) is 19.3 Å². The molecule has 0 aromatic heterocycles. The van der Waals surface area contributed by atoms with Crippen LogP contribution in [0, 0.1) is 0 Å². The molecule has 0 saturated heterocycles. The minimum atomic E-state index is -4.58.